The predicted octanol–water partition coefficient (Wildman–Crippen LogP) is 3.58. The molecule has 2 aromatic rings. The maximum absolute atomic E-state index is 12.8. The topological polar surface area (TPSA) is 63.0 Å². The lowest BCUT2D eigenvalue weighted by molar-refractivity contribution is -0.119. The van der Waals surface area contributed by atoms with Crippen molar-refractivity contribution in [3.8, 4) is 0 Å². The van der Waals surface area contributed by atoms with Crippen LogP contribution in [-0.4, -0.2) is 49.7 Å². The zero-order valence-electron chi connectivity index (χ0n) is 16.3. The van der Waals surface area contributed by atoms with Crippen LogP contribution in [-0.2, 0) is 11.2 Å². The maximum Gasteiger partial charge on any atom is 0.410 e. The van der Waals surface area contributed by atoms with E-state index >= 15 is 0 Å². The Labute approximate surface area is 161 Å². The summed E-state index contributed by atoms with van der Waals surface area (Å²) in [6.45, 7) is 6.30. The Hall–Kier alpha value is -2.64. The minimum Gasteiger partial charge on any atom is -0.449 e. The standard InChI is InChI=1S/C20H24F2N2O4/c1-4-23(5-2)14-6-7-15-13(3)16(18(25)28-17(15)10-14)8-9-27-19(26)24-11-20(21,22)12-24/h6-7,10H,4-5,8-9,11-12H2,1-3H3. The summed E-state index contributed by atoms with van der Waals surface area (Å²) in [6, 6.07) is 5.75. The van der Waals surface area contributed by atoms with Crippen LogP contribution in [0.5, 0.6) is 0 Å². The molecule has 2 heterocycles. The van der Waals surface area contributed by atoms with Gasteiger partial charge in [-0.15, -0.1) is 0 Å². The summed E-state index contributed by atoms with van der Waals surface area (Å²) in [5.41, 5.74) is 2.20. The summed E-state index contributed by atoms with van der Waals surface area (Å²) in [6.07, 6.45) is -0.629. The van der Waals surface area contributed by atoms with Gasteiger partial charge in [-0.1, -0.05) is 0 Å². The number of carbonyl (C=O) groups excluding carboxylic acids is 1. The second-order valence-corrected chi connectivity index (χ2v) is 6.92. The van der Waals surface area contributed by atoms with Gasteiger partial charge in [-0.2, -0.15) is 0 Å². The largest absolute Gasteiger partial charge is 0.449 e. The Bertz CT molecular complexity index is 930. The lowest BCUT2D eigenvalue weighted by Gasteiger charge is -2.37. The monoisotopic (exact) mass is 394 g/mol. The fourth-order valence-electron chi connectivity index (χ4n) is 3.43. The minimum atomic E-state index is -2.83. The first-order valence-electron chi connectivity index (χ1n) is 9.36. The van der Waals surface area contributed by atoms with Crippen LogP contribution in [0.4, 0.5) is 19.3 Å². The molecule has 1 fully saturated rings. The normalized spacial score (nSPS) is 15.4. The molecule has 0 aliphatic carbocycles. The summed E-state index contributed by atoms with van der Waals surface area (Å²) in [5, 5.41) is 0.819. The summed E-state index contributed by atoms with van der Waals surface area (Å²) >= 11 is 0. The highest BCUT2D eigenvalue weighted by Crippen LogP contribution is 2.27. The van der Waals surface area contributed by atoms with E-state index in [4.69, 9.17) is 9.15 Å². The van der Waals surface area contributed by atoms with Gasteiger partial charge in [0.1, 0.15) is 5.58 Å². The summed E-state index contributed by atoms with van der Waals surface area (Å²) in [7, 11) is 0. The lowest BCUT2D eigenvalue weighted by atomic mass is 10.0. The van der Waals surface area contributed by atoms with Crippen molar-refractivity contribution in [2.75, 3.05) is 37.7 Å². The maximum atomic E-state index is 12.8. The van der Waals surface area contributed by atoms with Gasteiger partial charge in [0.2, 0.25) is 0 Å². The zero-order chi connectivity index (χ0) is 20.5. The molecule has 0 bridgehead atoms. The molecule has 1 amide bonds. The fourth-order valence-corrected chi connectivity index (χ4v) is 3.43. The zero-order valence-corrected chi connectivity index (χ0v) is 16.3. The third-order valence-electron chi connectivity index (χ3n) is 5.08. The van der Waals surface area contributed by atoms with Crippen molar-refractivity contribution in [2.24, 2.45) is 0 Å². The number of alkyl halides is 2. The van der Waals surface area contributed by atoms with E-state index in [1.54, 1.807) is 0 Å². The number of hydrogen-bond acceptors (Lipinski definition) is 5. The van der Waals surface area contributed by atoms with E-state index < -0.39 is 30.7 Å². The molecule has 1 saturated heterocycles. The van der Waals surface area contributed by atoms with Crippen LogP contribution in [0.1, 0.15) is 25.0 Å². The first kappa shape index (κ1) is 20.1. The molecule has 8 heteroatoms. The van der Waals surface area contributed by atoms with Gasteiger partial charge in [0.05, 0.1) is 19.7 Å². The van der Waals surface area contributed by atoms with Gasteiger partial charge in [-0.25, -0.2) is 18.4 Å². The Kier molecular flexibility index (Phi) is 5.58. The van der Waals surface area contributed by atoms with Gasteiger partial charge in [-0.3, -0.25) is 4.90 Å². The van der Waals surface area contributed by atoms with Crippen LogP contribution in [0.15, 0.2) is 27.4 Å². The minimum absolute atomic E-state index is 0.0739. The molecule has 0 atom stereocenters. The number of benzene rings is 1. The number of anilines is 1. The Morgan fingerprint density at radius 2 is 1.96 bits per heavy atom. The van der Waals surface area contributed by atoms with Crippen molar-refractivity contribution in [2.45, 2.75) is 33.1 Å². The smallest absolute Gasteiger partial charge is 0.410 e. The number of ether oxygens (including phenoxy) is 1. The molecule has 3 rings (SSSR count). The number of likely N-dealkylation sites (tertiary alicyclic amines) is 1. The highest BCUT2D eigenvalue weighted by Gasteiger charge is 2.47. The summed E-state index contributed by atoms with van der Waals surface area (Å²) < 4.78 is 36.1. The van der Waals surface area contributed by atoms with Gasteiger partial charge in [-0.05, 0) is 38.5 Å². The highest BCUT2D eigenvalue weighted by molar-refractivity contribution is 5.84. The lowest BCUT2D eigenvalue weighted by Crippen LogP contribution is -2.58. The van der Waals surface area contributed by atoms with E-state index in [-0.39, 0.29) is 13.0 Å². The molecule has 0 unspecified atom stereocenters. The number of halogens is 2. The molecular formula is C20H24F2N2O4. The van der Waals surface area contributed by atoms with E-state index in [9.17, 15) is 18.4 Å². The quantitative estimate of drug-likeness (QED) is 0.701. The van der Waals surface area contributed by atoms with E-state index in [1.165, 1.54) is 0 Å². The van der Waals surface area contributed by atoms with Gasteiger partial charge in [0.15, 0.2) is 0 Å². The molecular weight excluding hydrogens is 370 g/mol. The molecule has 1 aliphatic heterocycles. The summed E-state index contributed by atoms with van der Waals surface area (Å²) in [4.78, 5) is 27.2. The van der Waals surface area contributed by atoms with Crippen LogP contribution < -0.4 is 10.5 Å². The first-order valence-corrected chi connectivity index (χ1v) is 9.36. The van der Waals surface area contributed by atoms with Gasteiger partial charge >= 0.3 is 11.7 Å². The van der Waals surface area contributed by atoms with E-state index in [0.717, 1.165) is 34.6 Å². The van der Waals surface area contributed by atoms with E-state index in [1.807, 2.05) is 25.1 Å². The number of hydrogen-bond donors (Lipinski definition) is 0. The van der Waals surface area contributed by atoms with Crippen molar-refractivity contribution in [1.82, 2.24) is 4.90 Å². The number of amides is 1. The Balaban J connectivity index is 1.72. The van der Waals surface area contributed by atoms with Crippen LogP contribution in [0.2, 0.25) is 0 Å². The van der Waals surface area contributed by atoms with Crippen LogP contribution in [0, 0.1) is 6.92 Å². The molecule has 0 N–H and O–H groups in total. The fraction of sp³-hybridized carbons (Fsp3) is 0.500. The van der Waals surface area contributed by atoms with Crippen LogP contribution >= 0.6 is 0 Å². The van der Waals surface area contributed by atoms with Gasteiger partial charge < -0.3 is 14.1 Å². The molecule has 152 valence electrons. The number of aryl methyl sites for hydroxylation is 1. The molecule has 1 aromatic heterocycles. The Morgan fingerprint density at radius 3 is 2.57 bits per heavy atom. The molecule has 6 nitrogen and oxygen atoms in total. The first-order chi connectivity index (χ1) is 13.3. The molecule has 0 radical (unpaired) electrons. The van der Waals surface area contributed by atoms with Crippen molar-refractivity contribution >= 4 is 22.7 Å². The molecule has 0 saturated carbocycles. The number of nitrogens with zero attached hydrogens (tertiary/aromatic N) is 2. The average Bonchev–Trinajstić information content (AvgIpc) is 2.63. The van der Waals surface area contributed by atoms with Crippen molar-refractivity contribution in [3.05, 3.63) is 39.7 Å². The number of carbonyl (C=O) groups is 1. The van der Waals surface area contributed by atoms with E-state index in [2.05, 4.69) is 18.7 Å². The molecule has 1 aromatic carbocycles. The summed E-state index contributed by atoms with van der Waals surface area (Å²) in [5.74, 6) is -2.83. The average molecular weight is 394 g/mol. The van der Waals surface area contributed by atoms with Gasteiger partial charge in [0, 0.05) is 42.2 Å². The molecule has 0 spiro atoms. The number of rotatable bonds is 6. The highest BCUT2D eigenvalue weighted by atomic mass is 19.3. The van der Waals surface area contributed by atoms with Crippen molar-refractivity contribution < 1.29 is 22.7 Å². The van der Waals surface area contributed by atoms with E-state index in [0.29, 0.717) is 11.1 Å². The van der Waals surface area contributed by atoms with Crippen molar-refractivity contribution in [3.63, 3.8) is 0 Å². The van der Waals surface area contributed by atoms with Crippen LogP contribution in [0.25, 0.3) is 11.0 Å². The predicted molar refractivity (Wildman–Crippen MR) is 102 cm³/mol. The van der Waals surface area contributed by atoms with Crippen LogP contribution in [0.3, 0.4) is 0 Å². The third kappa shape index (κ3) is 3.95. The van der Waals surface area contributed by atoms with Crippen molar-refractivity contribution in [1.29, 1.82) is 0 Å². The molecule has 1 aliphatic rings. The third-order valence-corrected chi connectivity index (χ3v) is 5.08. The Morgan fingerprint density at radius 1 is 1.29 bits per heavy atom. The van der Waals surface area contributed by atoms with Gasteiger partial charge in [0.25, 0.3) is 5.92 Å². The second-order valence-electron chi connectivity index (χ2n) is 6.92. The number of fused-ring (bicyclic) bond motifs is 1. The SMILES string of the molecule is CCN(CC)c1ccc2c(C)c(CCOC(=O)N3CC(F)(F)C3)c(=O)oc2c1. The second kappa shape index (κ2) is 7.77. The molecule has 28 heavy (non-hydrogen) atoms.